The third-order valence-electron chi connectivity index (χ3n) is 5.21. The highest BCUT2D eigenvalue weighted by molar-refractivity contribution is 8.00. The lowest BCUT2D eigenvalue weighted by molar-refractivity contribution is -0.129. The van der Waals surface area contributed by atoms with Gasteiger partial charge in [0.05, 0.1) is 26.0 Å². The van der Waals surface area contributed by atoms with Crippen LogP contribution in [0.2, 0.25) is 0 Å². The van der Waals surface area contributed by atoms with Crippen molar-refractivity contribution in [3.63, 3.8) is 0 Å². The fraction of sp³-hybridized carbons (Fsp3) is 0.409. The summed E-state index contributed by atoms with van der Waals surface area (Å²) in [5.74, 6) is 2.22. The minimum Gasteiger partial charge on any atom is -0.497 e. The van der Waals surface area contributed by atoms with Crippen LogP contribution >= 0.6 is 11.8 Å². The molecule has 1 aliphatic heterocycles. The lowest BCUT2D eigenvalue weighted by Crippen LogP contribution is -2.32. The van der Waals surface area contributed by atoms with Crippen molar-refractivity contribution in [2.24, 2.45) is 0 Å². The van der Waals surface area contributed by atoms with Crippen molar-refractivity contribution >= 4 is 17.7 Å². The molecule has 0 saturated carbocycles. The molecule has 0 spiro atoms. The van der Waals surface area contributed by atoms with E-state index in [2.05, 4.69) is 32.0 Å². The molecule has 27 heavy (non-hydrogen) atoms. The van der Waals surface area contributed by atoms with E-state index in [1.54, 1.807) is 26.0 Å². The van der Waals surface area contributed by atoms with Crippen LogP contribution in [0.1, 0.15) is 35.6 Å². The zero-order valence-electron chi connectivity index (χ0n) is 16.5. The molecule has 1 atom stereocenters. The number of benzene rings is 2. The van der Waals surface area contributed by atoms with E-state index >= 15 is 0 Å². The number of ether oxygens (including phenoxy) is 2. The molecule has 1 amide bonds. The lowest BCUT2D eigenvalue weighted by Gasteiger charge is -2.26. The molecule has 0 radical (unpaired) electrons. The van der Waals surface area contributed by atoms with Gasteiger partial charge in [0.1, 0.15) is 11.5 Å². The first kappa shape index (κ1) is 19.6. The van der Waals surface area contributed by atoms with Crippen LogP contribution in [0, 0.1) is 13.8 Å². The fourth-order valence-electron chi connectivity index (χ4n) is 3.52. The summed E-state index contributed by atoms with van der Waals surface area (Å²) in [5.41, 5.74) is 3.56. The number of amides is 1. The van der Waals surface area contributed by atoms with E-state index in [1.165, 1.54) is 11.1 Å². The summed E-state index contributed by atoms with van der Waals surface area (Å²) in [6.45, 7) is 5.00. The summed E-state index contributed by atoms with van der Waals surface area (Å²) in [5, 5.41) is 0. The van der Waals surface area contributed by atoms with E-state index in [0.29, 0.717) is 5.75 Å². The van der Waals surface area contributed by atoms with Crippen molar-refractivity contribution in [3.05, 3.63) is 53.1 Å². The van der Waals surface area contributed by atoms with Crippen LogP contribution in [0.4, 0.5) is 0 Å². The molecule has 0 unspecified atom stereocenters. The van der Waals surface area contributed by atoms with Gasteiger partial charge in [-0.05, 0) is 68.1 Å². The number of thioether (sulfide) groups is 1. The zero-order chi connectivity index (χ0) is 19.4. The number of rotatable bonds is 6. The van der Waals surface area contributed by atoms with Gasteiger partial charge in [0.25, 0.3) is 0 Å². The van der Waals surface area contributed by atoms with E-state index in [4.69, 9.17) is 9.47 Å². The molecular formula is C22H27NO3S. The highest BCUT2D eigenvalue weighted by Gasteiger charge is 2.32. The third-order valence-corrected chi connectivity index (χ3v) is 6.19. The highest BCUT2D eigenvalue weighted by atomic mass is 32.2. The van der Waals surface area contributed by atoms with E-state index in [-0.39, 0.29) is 11.9 Å². The fourth-order valence-corrected chi connectivity index (χ4v) is 4.40. The van der Waals surface area contributed by atoms with Gasteiger partial charge in [-0.25, -0.2) is 0 Å². The molecule has 0 aromatic heterocycles. The lowest BCUT2D eigenvalue weighted by atomic mass is 10.0. The van der Waals surface area contributed by atoms with Crippen LogP contribution < -0.4 is 9.47 Å². The second-order valence-electron chi connectivity index (χ2n) is 6.89. The number of methoxy groups -OCH3 is 2. The Balaban J connectivity index is 1.74. The summed E-state index contributed by atoms with van der Waals surface area (Å²) < 4.78 is 10.9. The first-order chi connectivity index (χ1) is 13.0. The van der Waals surface area contributed by atoms with Gasteiger partial charge in [-0.2, -0.15) is 0 Å². The Labute approximate surface area is 165 Å². The summed E-state index contributed by atoms with van der Waals surface area (Å²) in [6.07, 6.45) is 1.95. The van der Waals surface area contributed by atoms with E-state index < -0.39 is 0 Å². The number of nitrogens with zero attached hydrogens (tertiary/aromatic N) is 1. The number of hydrogen-bond donors (Lipinski definition) is 0. The van der Waals surface area contributed by atoms with Crippen LogP contribution in [0.3, 0.4) is 0 Å². The Hall–Kier alpha value is -2.14. The monoisotopic (exact) mass is 385 g/mol. The maximum atomic E-state index is 12.9. The van der Waals surface area contributed by atoms with Crippen molar-refractivity contribution in [1.82, 2.24) is 4.90 Å². The zero-order valence-corrected chi connectivity index (χ0v) is 17.3. The van der Waals surface area contributed by atoms with E-state index in [9.17, 15) is 4.79 Å². The normalized spacial score (nSPS) is 16.4. The number of carbonyl (C=O) groups excluding carboxylic acids is 1. The van der Waals surface area contributed by atoms with Crippen LogP contribution in [0.25, 0.3) is 0 Å². The summed E-state index contributed by atoms with van der Waals surface area (Å²) in [7, 11) is 3.32. The van der Waals surface area contributed by atoms with Gasteiger partial charge in [-0.1, -0.05) is 6.07 Å². The van der Waals surface area contributed by atoms with Gasteiger partial charge >= 0.3 is 0 Å². The molecule has 0 aliphatic carbocycles. The Morgan fingerprint density at radius 2 is 1.93 bits per heavy atom. The predicted octanol–water partition coefficient (Wildman–Crippen LogP) is 4.78. The molecule has 1 fully saturated rings. The van der Waals surface area contributed by atoms with Crippen molar-refractivity contribution in [2.45, 2.75) is 37.6 Å². The van der Waals surface area contributed by atoms with Gasteiger partial charge in [0, 0.05) is 17.0 Å². The molecule has 1 heterocycles. The van der Waals surface area contributed by atoms with Gasteiger partial charge < -0.3 is 14.4 Å². The molecule has 4 nitrogen and oxygen atoms in total. The molecule has 2 aromatic carbocycles. The SMILES string of the molecule is COc1ccc(OC)c([C@H]2CCCN2C(=O)CSc2ccc(C)c(C)c2)c1. The molecule has 1 saturated heterocycles. The largest absolute Gasteiger partial charge is 0.497 e. The molecule has 1 aliphatic rings. The first-order valence-corrected chi connectivity index (χ1v) is 10.2. The number of carbonyl (C=O) groups is 1. The van der Waals surface area contributed by atoms with Crippen LogP contribution in [-0.4, -0.2) is 37.3 Å². The van der Waals surface area contributed by atoms with Gasteiger partial charge in [0.15, 0.2) is 0 Å². The minimum absolute atomic E-state index is 0.0444. The summed E-state index contributed by atoms with van der Waals surface area (Å²) >= 11 is 1.61. The van der Waals surface area contributed by atoms with Crippen molar-refractivity contribution in [1.29, 1.82) is 0 Å². The number of hydrogen-bond acceptors (Lipinski definition) is 4. The van der Waals surface area contributed by atoms with Gasteiger partial charge in [-0.3, -0.25) is 4.79 Å². The Morgan fingerprint density at radius 3 is 2.63 bits per heavy atom. The molecule has 2 aromatic rings. The molecule has 5 heteroatoms. The maximum absolute atomic E-state index is 12.9. The summed E-state index contributed by atoms with van der Waals surface area (Å²) in [4.78, 5) is 16.1. The first-order valence-electron chi connectivity index (χ1n) is 9.25. The second kappa shape index (κ2) is 8.70. The van der Waals surface area contributed by atoms with Crippen LogP contribution in [-0.2, 0) is 4.79 Å². The average molecular weight is 386 g/mol. The van der Waals surface area contributed by atoms with Gasteiger partial charge in [0.2, 0.25) is 5.91 Å². The van der Waals surface area contributed by atoms with Crippen molar-refractivity contribution in [2.75, 3.05) is 26.5 Å². The quantitative estimate of drug-likeness (QED) is 0.671. The van der Waals surface area contributed by atoms with E-state index in [1.807, 2.05) is 23.1 Å². The van der Waals surface area contributed by atoms with Crippen LogP contribution in [0.5, 0.6) is 11.5 Å². The Morgan fingerprint density at radius 1 is 1.11 bits per heavy atom. The Kier molecular flexibility index (Phi) is 6.32. The van der Waals surface area contributed by atoms with Crippen LogP contribution in [0.15, 0.2) is 41.3 Å². The molecule has 0 bridgehead atoms. The predicted molar refractivity (Wildman–Crippen MR) is 110 cm³/mol. The topological polar surface area (TPSA) is 38.8 Å². The number of aryl methyl sites for hydroxylation is 2. The molecule has 3 rings (SSSR count). The third kappa shape index (κ3) is 4.41. The van der Waals surface area contributed by atoms with Gasteiger partial charge in [-0.15, -0.1) is 11.8 Å². The highest BCUT2D eigenvalue weighted by Crippen LogP contribution is 2.39. The summed E-state index contributed by atoms with van der Waals surface area (Å²) in [6, 6.07) is 12.2. The Bertz CT molecular complexity index is 821. The maximum Gasteiger partial charge on any atom is 0.233 e. The number of likely N-dealkylation sites (tertiary alicyclic amines) is 1. The second-order valence-corrected chi connectivity index (χ2v) is 7.94. The average Bonchev–Trinajstić information content (AvgIpc) is 3.17. The molecule has 144 valence electrons. The smallest absolute Gasteiger partial charge is 0.233 e. The molecular weight excluding hydrogens is 358 g/mol. The van der Waals surface area contributed by atoms with Crippen molar-refractivity contribution in [3.8, 4) is 11.5 Å². The standard InChI is InChI=1S/C22H27NO3S/c1-15-7-9-18(12-16(15)2)27-14-22(24)23-11-5-6-20(23)19-13-17(25-3)8-10-21(19)26-4/h7-10,12-13,20H,5-6,11,14H2,1-4H3/t20-/m1/s1. The van der Waals surface area contributed by atoms with E-state index in [0.717, 1.165) is 41.3 Å². The molecule has 0 N–H and O–H groups in total. The van der Waals surface area contributed by atoms with Crippen molar-refractivity contribution < 1.29 is 14.3 Å². The minimum atomic E-state index is 0.0444.